The van der Waals surface area contributed by atoms with Gasteiger partial charge in [0.2, 0.25) is 11.8 Å². The molecule has 3 aliphatic rings. The normalized spacial score (nSPS) is 23.0. The lowest BCUT2D eigenvalue weighted by Crippen LogP contribution is -2.58. The number of likely N-dealkylation sites (tertiary alicyclic amines) is 2. The lowest BCUT2D eigenvalue weighted by Gasteiger charge is -2.36. The van der Waals surface area contributed by atoms with E-state index in [2.05, 4.69) is 5.32 Å². The predicted molar refractivity (Wildman–Crippen MR) is 165 cm³/mol. The Morgan fingerprint density at radius 3 is 2.29 bits per heavy atom. The van der Waals surface area contributed by atoms with Crippen molar-refractivity contribution in [3.05, 3.63) is 35.9 Å². The highest BCUT2D eigenvalue weighted by Crippen LogP contribution is 2.38. The van der Waals surface area contributed by atoms with Gasteiger partial charge in [-0.05, 0) is 58.4 Å². The van der Waals surface area contributed by atoms with E-state index in [-0.39, 0.29) is 25.0 Å². The molecule has 4 amide bonds. The van der Waals surface area contributed by atoms with E-state index in [1.165, 1.54) is 24.0 Å². The van der Waals surface area contributed by atoms with Crippen LogP contribution in [0.25, 0.3) is 0 Å². The summed E-state index contributed by atoms with van der Waals surface area (Å²) in [4.78, 5) is 71.2. The monoisotopic (exact) mass is 628 g/mol. The molecule has 1 saturated carbocycles. The summed E-state index contributed by atoms with van der Waals surface area (Å²) in [5.41, 5.74) is 0.111. The van der Waals surface area contributed by atoms with Crippen molar-refractivity contribution >= 4 is 30.0 Å². The molecule has 12 heteroatoms. The molecule has 248 valence electrons. The van der Waals surface area contributed by atoms with Crippen LogP contribution in [0.4, 0.5) is 9.59 Å². The van der Waals surface area contributed by atoms with Crippen molar-refractivity contribution < 1.29 is 38.2 Å². The second kappa shape index (κ2) is 14.5. The molecule has 2 aliphatic heterocycles. The average molecular weight is 629 g/mol. The highest BCUT2D eigenvalue weighted by Gasteiger charge is 2.56. The number of fused-ring (bicyclic) bond motifs is 1. The van der Waals surface area contributed by atoms with Crippen LogP contribution in [0.5, 0.6) is 0 Å². The Labute approximate surface area is 265 Å². The van der Waals surface area contributed by atoms with Crippen LogP contribution in [0.2, 0.25) is 0 Å². The summed E-state index contributed by atoms with van der Waals surface area (Å²) >= 11 is 0. The molecule has 2 saturated heterocycles. The molecule has 0 unspecified atom stereocenters. The fourth-order valence-corrected chi connectivity index (χ4v) is 6.68. The lowest BCUT2D eigenvalue weighted by atomic mass is 9.83. The summed E-state index contributed by atoms with van der Waals surface area (Å²) in [6, 6.07) is 6.54. The van der Waals surface area contributed by atoms with Crippen LogP contribution in [-0.2, 0) is 35.2 Å². The quantitative estimate of drug-likeness (QED) is 0.340. The minimum Gasteiger partial charge on any atom is -0.469 e. The summed E-state index contributed by atoms with van der Waals surface area (Å²) in [5.74, 6) is -2.11. The zero-order chi connectivity index (χ0) is 32.9. The van der Waals surface area contributed by atoms with Gasteiger partial charge in [-0.1, -0.05) is 49.6 Å². The minimum absolute atomic E-state index is 0.0670. The van der Waals surface area contributed by atoms with E-state index >= 15 is 0 Å². The lowest BCUT2D eigenvalue weighted by molar-refractivity contribution is -0.149. The Balaban J connectivity index is 1.52. The number of carbonyl (C=O) groups excluding carboxylic acids is 5. The van der Waals surface area contributed by atoms with Gasteiger partial charge in [0, 0.05) is 20.1 Å². The Hall–Kier alpha value is -3.83. The maximum atomic E-state index is 14.4. The molecule has 3 fully saturated rings. The maximum absolute atomic E-state index is 14.4. The number of carbonyl (C=O) groups is 5. The van der Waals surface area contributed by atoms with Crippen LogP contribution < -0.4 is 5.32 Å². The van der Waals surface area contributed by atoms with Gasteiger partial charge in [0.05, 0.1) is 25.1 Å². The fraction of sp³-hybridized carbons (Fsp3) is 0.667. The predicted octanol–water partition coefficient (Wildman–Crippen LogP) is 3.72. The summed E-state index contributed by atoms with van der Waals surface area (Å²) < 4.78 is 16.1. The second-order valence-electron chi connectivity index (χ2n) is 13.4. The molecule has 0 spiro atoms. The van der Waals surface area contributed by atoms with Crippen LogP contribution in [0, 0.1) is 11.8 Å². The van der Waals surface area contributed by atoms with E-state index in [1.807, 2.05) is 30.3 Å². The average Bonchev–Trinajstić information content (AvgIpc) is 3.62. The third-order valence-electron chi connectivity index (χ3n) is 9.18. The third-order valence-corrected chi connectivity index (χ3v) is 9.18. The van der Waals surface area contributed by atoms with Crippen LogP contribution >= 0.6 is 0 Å². The van der Waals surface area contributed by atoms with E-state index in [0.29, 0.717) is 13.0 Å². The van der Waals surface area contributed by atoms with Crippen molar-refractivity contribution in [2.75, 3.05) is 27.2 Å². The Morgan fingerprint density at radius 2 is 1.67 bits per heavy atom. The van der Waals surface area contributed by atoms with Crippen molar-refractivity contribution in [3.63, 3.8) is 0 Å². The first-order valence-corrected chi connectivity index (χ1v) is 15.9. The minimum atomic E-state index is -0.894. The standard InChI is InChI=1S/C33H48N4O8/c1-21(35(5)31(41)45-33(2,3)4)28(38)34-26(23-15-11-8-12-16-23)29(39)36-18-17-25-27(36)24(30(40)43-6)19-37(25)32(42)44-20-22-13-9-7-10-14-22/h7,9-10,13-14,21,23-27H,8,11-12,15-20H2,1-6H3,(H,34,38)/t21-,24-,25+,26-,27+/m0/s1. The summed E-state index contributed by atoms with van der Waals surface area (Å²) in [5, 5.41) is 2.97. The highest BCUT2D eigenvalue weighted by molar-refractivity contribution is 5.92. The van der Waals surface area contributed by atoms with E-state index in [1.54, 1.807) is 32.6 Å². The van der Waals surface area contributed by atoms with Gasteiger partial charge < -0.3 is 29.3 Å². The van der Waals surface area contributed by atoms with Crippen LogP contribution in [0.1, 0.15) is 71.8 Å². The molecule has 2 heterocycles. The summed E-state index contributed by atoms with van der Waals surface area (Å²) in [6.07, 6.45) is 3.76. The van der Waals surface area contributed by atoms with Crippen LogP contribution in [0.3, 0.4) is 0 Å². The summed E-state index contributed by atoms with van der Waals surface area (Å²) in [7, 11) is 2.79. The topological polar surface area (TPSA) is 135 Å². The number of amides is 4. The number of benzene rings is 1. The Kier molecular flexibility index (Phi) is 11.0. The van der Waals surface area contributed by atoms with E-state index in [9.17, 15) is 24.0 Å². The third kappa shape index (κ3) is 8.07. The number of nitrogens with one attached hydrogen (secondary N) is 1. The van der Waals surface area contributed by atoms with Gasteiger partial charge in [0.25, 0.3) is 0 Å². The number of hydrogen-bond acceptors (Lipinski definition) is 8. The molecule has 12 nitrogen and oxygen atoms in total. The molecule has 5 atom stereocenters. The van der Waals surface area contributed by atoms with Crippen molar-refractivity contribution in [3.8, 4) is 0 Å². The number of ether oxygens (including phenoxy) is 3. The highest BCUT2D eigenvalue weighted by atomic mass is 16.6. The zero-order valence-corrected chi connectivity index (χ0v) is 27.3. The van der Waals surface area contributed by atoms with Crippen molar-refractivity contribution in [1.29, 1.82) is 0 Å². The van der Waals surface area contributed by atoms with Gasteiger partial charge in [0.1, 0.15) is 24.3 Å². The molecular weight excluding hydrogens is 580 g/mol. The second-order valence-corrected chi connectivity index (χ2v) is 13.4. The van der Waals surface area contributed by atoms with Gasteiger partial charge in [-0.3, -0.25) is 19.3 Å². The van der Waals surface area contributed by atoms with Gasteiger partial charge >= 0.3 is 18.2 Å². The van der Waals surface area contributed by atoms with E-state index in [0.717, 1.165) is 37.7 Å². The largest absolute Gasteiger partial charge is 0.469 e. The number of rotatable bonds is 8. The van der Waals surface area contributed by atoms with Gasteiger partial charge in [-0.2, -0.15) is 0 Å². The van der Waals surface area contributed by atoms with Gasteiger partial charge in [0.15, 0.2) is 0 Å². The molecule has 0 radical (unpaired) electrons. The zero-order valence-electron chi connectivity index (χ0n) is 27.3. The maximum Gasteiger partial charge on any atom is 0.410 e. The van der Waals surface area contributed by atoms with Crippen LogP contribution in [-0.4, -0.2) is 102 Å². The fourth-order valence-electron chi connectivity index (χ4n) is 6.68. The molecular formula is C33H48N4O8. The van der Waals surface area contributed by atoms with Gasteiger partial charge in [-0.15, -0.1) is 0 Å². The number of likely N-dealkylation sites (N-methyl/N-ethyl adjacent to an activating group) is 1. The Morgan fingerprint density at radius 1 is 1.00 bits per heavy atom. The molecule has 1 aromatic rings. The van der Waals surface area contributed by atoms with Gasteiger partial charge in [-0.25, -0.2) is 9.59 Å². The first-order valence-electron chi connectivity index (χ1n) is 15.9. The number of nitrogens with zero attached hydrogens (tertiary/aromatic N) is 3. The van der Waals surface area contributed by atoms with Crippen LogP contribution in [0.15, 0.2) is 30.3 Å². The smallest absolute Gasteiger partial charge is 0.410 e. The first-order chi connectivity index (χ1) is 21.3. The Bertz CT molecular complexity index is 1230. The summed E-state index contributed by atoms with van der Waals surface area (Å²) in [6.45, 7) is 7.31. The van der Waals surface area contributed by atoms with Crippen molar-refractivity contribution in [2.24, 2.45) is 11.8 Å². The van der Waals surface area contributed by atoms with Crippen molar-refractivity contribution in [1.82, 2.24) is 20.0 Å². The molecule has 0 aromatic heterocycles. The molecule has 4 rings (SSSR count). The number of methoxy groups -OCH3 is 1. The molecule has 1 aromatic carbocycles. The number of hydrogen-bond donors (Lipinski definition) is 1. The molecule has 45 heavy (non-hydrogen) atoms. The SMILES string of the molecule is COC(=O)[C@H]1CN(C(=O)OCc2ccccc2)[C@@H]2CCN(C(=O)[C@@H](NC(=O)[C@H](C)N(C)C(=O)OC(C)(C)C)C3CCCCC3)[C@H]12. The first kappa shape index (κ1) is 34.1. The van der Waals surface area contributed by atoms with Crippen molar-refractivity contribution in [2.45, 2.75) is 103 Å². The molecule has 0 bridgehead atoms. The van der Waals surface area contributed by atoms with E-state index in [4.69, 9.17) is 14.2 Å². The van der Waals surface area contributed by atoms with E-state index < -0.39 is 59.7 Å². The molecule has 1 aliphatic carbocycles. The molecule has 1 N–H and O–H groups in total. The number of esters is 1.